The molecule has 0 heterocycles. The summed E-state index contributed by atoms with van der Waals surface area (Å²) in [6.45, 7) is 7.44. The second-order valence-corrected chi connectivity index (χ2v) is 3.42. The first-order valence-corrected chi connectivity index (χ1v) is 4.39. The Hall–Kier alpha value is -1.46. The molecule has 0 rings (SSSR count). The van der Waals surface area contributed by atoms with Crippen molar-refractivity contribution in [1.29, 1.82) is 0 Å². The van der Waals surface area contributed by atoms with Crippen LogP contribution in [0.2, 0.25) is 0 Å². The molecule has 0 aromatic heterocycles. The predicted octanol–water partition coefficient (Wildman–Crippen LogP) is 1.76. The Kier molecular flexibility index (Phi) is 4.76. The molecule has 6 nitrogen and oxygen atoms in total. The van der Waals surface area contributed by atoms with Crippen LogP contribution in [0.25, 0.3) is 0 Å². The number of urea groups is 2. The molecule has 0 atom stereocenters. The highest BCUT2D eigenvalue weighted by molar-refractivity contribution is 5.79. The Labute approximate surface area is 83.2 Å². The number of rotatable bonds is 2. The van der Waals surface area contributed by atoms with E-state index < -0.39 is 12.1 Å². The van der Waals surface area contributed by atoms with Crippen molar-refractivity contribution in [2.24, 2.45) is 16.0 Å². The van der Waals surface area contributed by atoms with E-state index in [1.54, 1.807) is 0 Å². The number of carbonyl (C=O) groups excluding carboxylic acids is 2. The summed E-state index contributed by atoms with van der Waals surface area (Å²) in [5, 5.41) is 6.19. The third kappa shape index (κ3) is 3.97. The number of hydrogen-bond donors (Lipinski definition) is 1. The van der Waals surface area contributed by atoms with Crippen LogP contribution in [-0.2, 0) is 0 Å². The van der Waals surface area contributed by atoms with Crippen molar-refractivity contribution in [1.82, 2.24) is 4.90 Å². The summed E-state index contributed by atoms with van der Waals surface area (Å²) < 4.78 is 0. The number of primary amides is 1. The van der Waals surface area contributed by atoms with E-state index in [1.807, 2.05) is 27.7 Å². The summed E-state index contributed by atoms with van der Waals surface area (Å²) >= 11 is 0. The van der Waals surface area contributed by atoms with E-state index in [1.165, 1.54) is 4.90 Å². The number of amides is 4. The lowest BCUT2D eigenvalue weighted by Gasteiger charge is -2.27. The molecule has 0 unspecified atom stereocenters. The quantitative estimate of drug-likeness (QED) is 0.688. The van der Waals surface area contributed by atoms with Crippen molar-refractivity contribution < 1.29 is 9.59 Å². The number of azo groups is 1. The molecule has 80 valence electrons. The van der Waals surface area contributed by atoms with Gasteiger partial charge in [-0.2, -0.15) is 0 Å². The molecule has 0 saturated heterocycles. The molecule has 0 spiro atoms. The van der Waals surface area contributed by atoms with Gasteiger partial charge in [-0.3, -0.25) is 0 Å². The molecule has 0 radical (unpaired) electrons. The van der Waals surface area contributed by atoms with E-state index in [2.05, 4.69) is 10.2 Å². The van der Waals surface area contributed by atoms with Crippen LogP contribution >= 0.6 is 0 Å². The Morgan fingerprint density at radius 1 is 1.07 bits per heavy atom. The van der Waals surface area contributed by atoms with Crippen LogP contribution in [0.5, 0.6) is 0 Å². The van der Waals surface area contributed by atoms with Gasteiger partial charge in [0.15, 0.2) is 0 Å². The molecule has 6 heteroatoms. The second kappa shape index (κ2) is 5.31. The third-order valence-electron chi connectivity index (χ3n) is 1.57. The molecule has 4 amide bonds. The average molecular weight is 200 g/mol. The van der Waals surface area contributed by atoms with Crippen molar-refractivity contribution in [2.45, 2.75) is 39.8 Å². The van der Waals surface area contributed by atoms with Gasteiger partial charge in [0, 0.05) is 12.1 Å². The molecule has 0 aromatic rings. The van der Waals surface area contributed by atoms with Gasteiger partial charge >= 0.3 is 12.1 Å². The van der Waals surface area contributed by atoms with Gasteiger partial charge in [0.05, 0.1) is 0 Å². The fourth-order valence-corrected chi connectivity index (χ4v) is 1.18. The largest absolute Gasteiger partial charge is 0.362 e. The lowest BCUT2D eigenvalue weighted by molar-refractivity contribution is 0.173. The Morgan fingerprint density at radius 3 is 1.79 bits per heavy atom. The van der Waals surface area contributed by atoms with Gasteiger partial charge in [0.2, 0.25) is 0 Å². The standard InChI is InChI=1S/C8H16N4O2/c1-5(2)12(6(3)4)8(14)11-10-7(9)13/h5-6H,1-4H3,(H2,9,13). The minimum Gasteiger partial charge on any atom is -0.348 e. The van der Waals surface area contributed by atoms with E-state index in [9.17, 15) is 9.59 Å². The smallest absolute Gasteiger partial charge is 0.348 e. The van der Waals surface area contributed by atoms with Gasteiger partial charge in [-0.1, -0.05) is 10.2 Å². The van der Waals surface area contributed by atoms with E-state index in [4.69, 9.17) is 5.73 Å². The van der Waals surface area contributed by atoms with Crippen LogP contribution in [0.4, 0.5) is 9.59 Å². The van der Waals surface area contributed by atoms with Gasteiger partial charge in [-0.25, -0.2) is 9.59 Å². The normalized spacial score (nSPS) is 11.3. The summed E-state index contributed by atoms with van der Waals surface area (Å²) in [7, 11) is 0. The van der Waals surface area contributed by atoms with Gasteiger partial charge in [-0.15, -0.1) is 0 Å². The zero-order chi connectivity index (χ0) is 11.3. The number of hydrogen-bond acceptors (Lipinski definition) is 2. The molecule has 0 aliphatic carbocycles. The molecule has 0 bridgehead atoms. The first-order valence-electron chi connectivity index (χ1n) is 4.39. The van der Waals surface area contributed by atoms with E-state index in [0.717, 1.165) is 0 Å². The van der Waals surface area contributed by atoms with E-state index in [-0.39, 0.29) is 12.1 Å². The lowest BCUT2D eigenvalue weighted by atomic mass is 10.2. The van der Waals surface area contributed by atoms with Crippen molar-refractivity contribution in [3.8, 4) is 0 Å². The minimum absolute atomic E-state index is 0.00864. The maximum Gasteiger partial charge on any atom is 0.362 e. The Balaban J connectivity index is 4.53. The zero-order valence-corrected chi connectivity index (χ0v) is 8.89. The molecule has 2 N–H and O–H groups in total. The fraction of sp³-hybridized carbons (Fsp3) is 0.750. The summed E-state index contributed by atoms with van der Waals surface area (Å²) in [5.41, 5.74) is 4.72. The Bertz CT molecular complexity index is 240. The highest BCUT2D eigenvalue weighted by Crippen LogP contribution is 2.07. The van der Waals surface area contributed by atoms with Crippen molar-refractivity contribution >= 4 is 12.1 Å². The topological polar surface area (TPSA) is 88.1 Å². The van der Waals surface area contributed by atoms with Crippen LogP contribution in [0.1, 0.15) is 27.7 Å². The molecular formula is C8H16N4O2. The third-order valence-corrected chi connectivity index (χ3v) is 1.57. The molecule has 14 heavy (non-hydrogen) atoms. The summed E-state index contributed by atoms with van der Waals surface area (Å²) in [6.07, 6.45) is 0. The SMILES string of the molecule is CC(C)N(C(=O)N=NC(N)=O)C(C)C. The maximum atomic E-state index is 11.4. The molecule has 0 saturated carbocycles. The monoisotopic (exact) mass is 200 g/mol. The summed E-state index contributed by atoms with van der Waals surface area (Å²) in [5.74, 6) is 0. The number of nitrogens with zero attached hydrogens (tertiary/aromatic N) is 3. The number of nitrogens with two attached hydrogens (primary N) is 1. The molecule has 0 aliphatic heterocycles. The lowest BCUT2D eigenvalue weighted by Crippen LogP contribution is -2.40. The van der Waals surface area contributed by atoms with E-state index in [0.29, 0.717) is 0 Å². The highest BCUT2D eigenvalue weighted by atomic mass is 16.2. The highest BCUT2D eigenvalue weighted by Gasteiger charge is 2.19. The average Bonchev–Trinajstić information content (AvgIpc) is 1.99. The van der Waals surface area contributed by atoms with Gasteiger partial charge in [0.1, 0.15) is 0 Å². The fourth-order valence-electron chi connectivity index (χ4n) is 1.18. The first kappa shape index (κ1) is 12.5. The Morgan fingerprint density at radius 2 is 1.50 bits per heavy atom. The minimum atomic E-state index is -0.967. The summed E-state index contributed by atoms with van der Waals surface area (Å²) in [4.78, 5) is 23.2. The number of carbonyl (C=O) groups is 2. The zero-order valence-electron chi connectivity index (χ0n) is 8.89. The van der Waals surface area contributed by atoms with Gasteiger partial charge in [0.25, 0.3) is 0 Å². The van der Waals surface area contributed by atoms with Crippen LogP contribution in [0.15, 0.2) is 10.2 Å². The van der Waals surface area contributed by atoms with Crippen LogP contribution in [0, 0.1) is 0 Å². The van der Waals surface area contributed by atoms with E-state index >= 15 is 0 Å². The maximum absolute atomic E-state index is 11.4. The van der Waals surface area contributed by atoms with Gasteiger partial charge < -0.3 is 10.6 Å². The second-order valence-electron chi connectivity index (χ2n) is 3.42. The van der Waals surface area contributed by atoms with Crippen molar-refractivity contribution in [3.63, 3.8) is 0 Å². The van der Waals surface area contributed by atoms with Crippen LogP contribution in [-0.4, -0.2) is 29.0 Å². The van der Waals surface area contributed by atoms with Crippen LogP contribution in [0.3, 0.4) is 0 Å². The molecule has 0 fully saturated rings. The van der Waals surface area contributed by atoms with Crippen molar-refractivity contribution in [2.75, 3.05) is 0 Å². The first-order chi connectivity index (χ1) is 6.36. The van der Waals surface area contributed by atoms with Crippen LogP contribution < -0.4 is 5.73 Å². The molecule has 0 aliphatic rings. The summed E-state index contributed by atoms with van der Waals surface area (Å²) in [6, 6.07) is -1.50. The molecular weight excluding hydrogens is 184 g/mol. The predicted molar refractivity (Wildman–Crippen MR) is 51.9 cm³/mol. The van der Waals surface area contributed by atoms with Gasteiger partial charge in [-0.05, 0) is 27.7 Å². The van der Waals surface area contributed by atoms with Crippen molar-refractivity contribution in [3.05, 3.63) is 0 Å². The molecule has 0 aromatic carbocycles.